The number of unbranched alkanes of at least 4 members (excludes halogenated alkanes) is 21. The molecule has 0 aromatic carbocycles. The second kappa shape index (κ2) is 42.6. The smallest absolute Gasteiger partial charge is 0.220 e. The summed E-state index contributed by atoms with van der Waals surface area (Å²) in [5, 5.41) is 54.2. The Morgan fingerprint density at radius 2 is 0.984 bits per heavy atom. The van der Waals surface area contributed by atoms with Crippen molar-refractivity contribution in [2.75, 3.05) is 13.2 Å². The first-order chi connectivity index (χ1) is 30.3. The monoisotopic (exact) mass is 872 g/mol. The van der Waals surface area contributed by atoms with Gasteiger partial charge in [-0.1, -0.05) is 189 Å². The predicted octanol–water partition coefficient (Wildman–Crippen LogP) is 11.3. The summed E-state index contributed by atoms with van der Waals surface area (Å²) in [5.41, 5.74) is 0. The van der Waals surface area contributed by atoms with E-state index in [9.17, 15) is 30.3 Å². The van der Waals surface area contributed by atoms with Gasteiger partial charge in [0, 0.05) is 6.42 Å². The van der Waals surface area contributed by atoms with Gasteiger partial charge in [0.2, 0.25) is 5.91 Å². The third-order valence-corrected chi connectivity index (χ3v) is 11.5. The van der Waals surface area contributed by atoms with Crippen molar-refractivity contribution in [3.8, 4) is 0 Å². The van der Waals surface area contributed by atoms with Crippen molar-refractivity contribution in [1.82, 2.24) is 5.32 Å². The summed E-state index contributed by atoms with van der Waals surface area (Å²) in [4.78, 5) is 13.0. The predicted molar refractivity (Wildman–Crippen MR) is 258 cm³/mol. The van der Waals surface area contributed by atoms with E-state index in [1.54, 1.807) is 6.08 Å². The van der Waals surface area contributed by atoms with Crippen LogP contribution in [0.2, 0.25) is 0 Å². The molecule has 1 aliphatic rings. The highest BCUT2D eigenvalue weighted by Gasteiger charge is 2.44. The molecule has 1 rings (SSSR count). The SMILES string of the molecule is CCCC/C=C/CC/C=C/CC/C=C/C(O)C(COC1OC(CO)C(O)C(O)C1O)NC(=O)CCCCCCCCCCCCCC/C=C\C/C=C\C/C=C\CCCCCCC. The molecule has 9 heteroatoms. The van der Waals surface area contributed by atoms with Gasteiger partial charge in [-0.3, -0.25) is 4.79 Å². The van der Waals surface area contributed by atoms with Crippen LogP contribution in [0.1, 0.15) is 200 Å². The van der Waals surface area contributed by atoms with Crippen molar-refractivity contribution in [3.63, 3.8) is 0 Å². The van der Waals surface area contributed by atoms with Crippen molar-refractivity contribution in [2.24, 2.45) is 0 Å². The van der Waals surface area contributed by atoms with Crippen LogP contribution >= 0.6 is 0 Å². The topological polar surface area (TPSA) is 149 Å². The molecule has 7 atom stereocenters. The third-order valence-electron chi connectivity index (χ3n) is 11.5. The molecule has 0 aliphatic carbocycles. The second-order valence-electron chi connectivity index (χ2n) is 17.2. The van der Waals surface area contributed by atoms with Gasteiger partial charge < -0.3 is 40.3 Å². The number of hydrogen-bond acceptors (Lipinski definition) is 8. The largest absolute Gasteiger partial charge is 0.394 e. The van der Waals surface area contributed by atoms with Crippen molar-refractivity contribution in [1.29, 1.82) is 0 Å². The molecule has 0 bridgehead atoms. The quantitative estimate of drug-likeness (QED) is 0.0263. The molecule has 0 aromatic heterocycles. The van der Waals surface area contributed by atoms with E-state index in [0.717, 1.165) is 64.2 Å². The van der Waals surface area contributed by atoms with Gasteiger partial charge in [0.1, 0.15) is 24.4 Å². The van der Waals surface area contributed by atoms with Crippen molar-refractivity contribution < 1.29 is 39.8 Å². The summed E-state index contributed by atoms with van der Waals surface area (Å²) >= 11 is 0. The van der Waals surface area contributed by atoms with Crippen LogP contribution in [0.15, 0.2) is 72.9 Å². The Labute approximate surface area is 378 Å². The molecule has 0 saturated carbocycles. The van der Waals surface area contributed by atoms with E-state index >= 15 is 0 Å². The van der Waals surface area contributed by atoms with E-state index < -0.39 is 49.5 Å². The van der Waals surface area contributed by atoms with Crippen LogP contribution in [-0.4, -0.2) is 87.5 Å². The van der Waals surface area contributed by atoms with Crippen LogP contribution in [0, 0.1) is 0 Å². The van der Waals surface area contributed by atoms with Crippen LogP contribution in [0.4, 0.5) is 0 Å². The average Bonchev–Trinajstić information content (AvgIpc) is 3.27. The molecule has 9 nitrogen and oxygen atoms in total. The maximum atomic E-state index is 13.0. The molecular formula is C53H93NO8. The summed E-state index contributed by atoms with van der Waals surface area (Å²) in [6.07, 6.45) is 51.0. The standard InChI is InChI=1S/C53H93NO8/c1-3-5-7-9-11-13-15-17-18-19-20-21-22-23-24-25-26-27-28-29-30-31-33-35-37-39-41-43-49(57)54-46(45-61-53-52(60)51(59)50(58)48(44-55)62-53)47(56)42-40-38-36-34-32-16-14-12-10-8-6-4-2/h10,12,15,17,19-20,22-23,32,34,40,42,46-48,50-53,55-56,58-60H,3-9,11,13-14,16,18,21,24-31,33,35-39,41,43-45H2,1-2H3,(H,54,57)/b12-10+,17-15-,20-19-,23-22-,34-32+,42-40+. The molecule has 0 radical (unpaired) electrons. The highest BCUT2D eigenvalue weighted by molar-refractivity contribution is 5.76. The van der Waals surface area contributed by atoms with Crippen molar-refractivity contribution in [2.45, 2.75) is 243 Å². The molecule has 1 heterocycles. The Hall–Kier alpha value is -2.37. The summed E-state index contributed by atoms with van der Waals surface area (Å²) in [6, 6.07) is -0.831. The lowest BCUT2D eigenvalue weighted by atomic mass is 9.99. The van der Waals surface area contributed by atoms with Crippen LogP contribution in [0.5, 0.6) is 0 Å². The lowest BCUT2D eigenvalue weighted by Gasteiger charge is -2.40. The minimum absolute atomic E-state index is 0.197. The summed E-state index contributed by atoms with van der Waals surface area (Å²) in [7, 11) is 0. The fourth-order valence-corrected chi connectivity index (χ4v) is 7.42. The molecule has 1 saturated heterocycles. The molecule has 1 fully saturated rings. The van der Waals surface area contributed by atoms with E-state index in [1.807, 2.05) is 6.08 Å². The Balaban J connectivity index is 2.24. The maximum absolute atomic E-state index is 13.0. The minimum Gasteiger partial charge on any atom is -0.394 e. The number of nitrogens with one attached hydrogen (secondary N) is 1. The molecule has 6 N–H and O–H groups in total. The second-order valence-corrected chi connectivity index (χ2v) is 17.2. The van der Waals surface area contributed by atoms with Crippen LogP contribution < -0.4 is 5.32 Å². The highest BCUT2D eigenvalue weighted by Crippen LogP contribution is 2.22. The first kappa shape index (κ1) is 57.6. The van der Waals surface area contributed by atoms with E-state index in [2.05, 4.69) is 79.9 Å². The van der Waals surface area contributed by atoms with Gasteiger partial charge in [-0.25, -0.2) is 0 Å². The van der Waals surface area contributed by atoms with Crippen molar-refractivity contribution >= 4 is 5.91 Å². The zero-order valence-corrected chi connectivity index (χ0v) is 39.4. The van der Waals surface area contributed by atoms with E-state index in [0.29, 0.717) is 6.42 Å². The lowest BCUT2D eigenvalue weighted by molar-refractivity contribution is -0.302. The zero-order chi connectivity index (χ0) is 45.1. The van der Waals surface area contributed by atoms with Gasteiger partial charge >= 0.3 is 0 Å². The Morgan fingerprint density at radius 1 is 0.548 bits per heavy atom. The number of hydrogen-bond donors (Lipinski definition) is 6. The number of aliphatic hydroxyl groups excluding tert-OH is 5. The fourth-order valence-electron chi connectivity index (χ4n) is 7.42. The molecule has 1 amide bonds. The maximum Gasteiger partial charge on any atom is 0.220 e. The Kier molecular flexibility index (Phi) is 39.6. The van der Waals surface area contributed by atoms with E-state index in [1.165, 1.54) is 116 Å². The van der Waals surface area contributed by atoms with Gasteiger partial charge in [-0.05, 0) is 77.0 Å². The molecule has 0 aromatic rings. The zero-order valence-electron chi connectivity index (χ0n) is 39.4. The highest BCUT2D eigenvalue weighted by atomic mass is 16.7. The number of allylic oxidation sites excluding steroid dienone is 11. The van der Waals surface area contributed by atoms with Gasteiger partial charge in [0.05, 0.1) is 25.4 Å². The summed E-state index contributed by atoms with van der Waals surface area (Å²) < 4.78 is 11.2. The molecular weight excluding hydrogens is 779 g/mol. The van der Waals surface area contributed by atoms with Gasteiger partial charge in [-0.15, -0.1) is 0 Å². The van der Waals surface area contributed by atoms with Gasteiger partial charge in [-0.2, -0.15) is 0 Å². The van der Waals surface area contributed by atoms with Crippen molar-refractivity contribution in [3.05, 3.63) is 72.9 Å². The number of ether oxygens (including phenoxy) is 2. The summed E-state index contributed by atoms with van der Waals surface area (Å²) in [5.74, 6) is -0.197. The number of aliphatic hydroxyl groups is 5. The summed E-state index contributed by atoms with van der Waals surface area (Å²) in [6.45, 7) is 3.68. The minimum atomic E-state index is -1.58. The Bertz CT molecular complexity index is 1200. The normalized spacial score (nSPS) is 20.9. The number of amides is 1. The molecule has 0 spiro atoms. The number of rotatable bonds is 41. The van der Waals surface area contributed by atoms with Crippen LogP contribution in [0.25, 0.3) is 0 Å². The molecule has 62 heavy (non-hydrogen) atoms. The molecule has 7 unspecified atom stereocenters. The van der Waals surface area contributed by atoms with Crippen LogP contribution in [-0.2, 0) is 14.3 Å². The third kappa shape index (κ3) is 32.3. The van der Waals surface area contributed by atoms with E-state index in [-0.39, 0.29) is 12.5 Å². The Morgan fingerprint density at radius 3 is 1.52 bits per heavy atom. The van der Waals surface area contributed by atoms with Crippen LogP contribution in [0.3, 0.4) is 0 Å². The fraction of sp³-hybridized carbons (Fsp3) is 0.755. The number of carbonyl (C=O) groups is 1. The lowest BCUT2D eigenvalue weighted by Crippen LogP contribution is -2.60. The average molecular weight is 872 g/mol. The molecule has 358 valence electrons. The first-order valence-corrected chi connectivity index (χ1v) is 25.2. The number of carbonyl (C=O) groups excluding carboxylic acids is 1. The van der Waals surface area contributed by atoms with Gasteiger partial charge in [0.15, 0.2) is 6.29 Å². The first-order valence-electron chi connectivity index (χ1n) is 25.2. The van der Waals surface area contributed by atoms with Gasteiger partial charge in [0.25, 0.3) is 0 Å². The van der Waals surface area contributed by atoms with E-state index in [4.69, 9.17) is 9.47 Å². The molecule has 1 aliphatic heterocycles.